The van der Waals surface area contributed by atoms with Crippen molar-refractivity contribution in [2.24, 2.45) is 0 Å². The van der Waals surface area contributed by atoms with Crippen molar-refractivity contribution in [3.8, 4) is 0 Å². The van der Waals surface area contributed by atoms with E-state index in [0.29, 0.717) is 13.0 Å². The largest absolute Gasteiger partial charge is 0.332 e. The SMILES string of the molecule is Cc1ccccc1CC(=O)N1CCCC1c1ncc(C)n1Cc1ccc(F)cc1. The maximum atomic E-state index is 13.3. The highest BCUT2D eigenvalue weighted by Crippen LogP contribution is 2.32. The minimum absolute atomic E-state index is 0.0133. The van der Waals surface area contributed by atoms with Crippen LogP contribution >= 0.6 is 0 Å². The van der Waals surface area contributed by atoms with Gasteiger partial charge in [0.05, 0.1) is 12.5 Å². The highest BCUT2D eigenvalue weighted by atomic mass is 19.1. The summed E-state index contributed by atoms with van der Waals surface area (Å²) in [5.74, 6) is 0.832. The molecular formula is C24H26FN3O. The lowest BCUT2D eigenvalue weighted by Gasteiger charge is -2.26. The van der Waals surface area contributed by atoms with Gasteiger partial charge in [0.2, 0.25) is 5.91 Å². The molecule has 1 amide bonds. The first-order valence-corrected chi connectivity index (χ1v) is 10.1. The predicted octanol–water partition coefficient (Wildman–Crippen LogP) is 4.59. The van der Waals surface area contributed by atoms with Crippen LogP contribution in [0.25, 0.3) is 0 Å². The van der Waals surface area contributed by atoms with Gasteiger partial charge in [0.1, 0.15) is 11.6 Å². The van der Waals surface area contributed by atoms with Gasteiger partial charge in [-0.1, -0.05) is 36.4 Å². The van der Waals surface area contributed by atoms with Crippen molar-refractivity contribution >= 4 is 5.91 Å². The summed E-state index contributed by atoms with van der Waals surface area (Å²) in [6.07, 6.45) is 4.17. The summed E-state index contributed by atoms with van der Waals surface area (Å²) in [4.78, 5) is 19.8. The number of aryl methyl sites for hydroxylation is 2. The number of hydrogen-bond donors (Lipinski definition) is 0. The van der Waals surface area contributed by atoms with Gasteiger partial charge in [-0.3, -0.25) is 4.79 Å². The molecule has 0 aliphatic carbocycles. The Morgan fingerprint density at radius 2 is 1.90 bits per heavy atom. The topological polar surface area (TPSA) is 38.1 Å². The van der Waals surface area contributed by atoms with E-state index in [1.165, 1.54) is 12.1 Å². The lowest BCUT2D eigenvalue weighted by atomic mass is 10.0. The summed E-state index contributed by atoms with van der Waals surface area (Å²) in [6.45, 7) is 5.45. The van der Waals surface area contributed by atoms with E-state index in [2.05, 4.69) is 9.55 Å². The van der Waals surface area contributed by atoms with Crippen LogP contribution in [0.15, 0.2) is 54.7 Å². The van der Waals surface area contributed by atoms with Gasteiger partial charge in [-0.15, -0.1) is 0 Å². The molecule has 1 fully saturated rings. The molecule has 29 heavy (non-hydrogen) atoms. The van der Waals surface area contributed by atoms with Crippen molar-refractivity contribution in [3.63, 3.8) is 0 Å². The summed E-state index contributed by atoms with van der Waals surface area (Å²) in [5, 5.41) is 0. The third-order valence-corrected chi connectivity index (χ3v) is 5.81. The molecule has 0 bridgehead atoms. The van der Waals surface area contributed by atoms with Crippen LogP contribution in [0.1, 0.15) is 47.1 Å². The third-order valence-electron chi connectivity index (χ3n) is 5.81. The maximum absolute atomic E-state index is 13.3. The van der Waals surface area contributed by atoms with Crippen LogP contribution in [-0.2, 0) is 17.8 Å². The van der Waals surface area contributed by atoms with Crippen LogP contribution in [-0.4, -0.2) is 26.9 Å². The summed E-state index contributed by atoms with van der Waals surface area (Å²) >= 11 is 0. The second-order valence-corrected chi connectivity index (χ2v) is 7.82. The number of hydrogen-bond acceptors (Lipinski definition) is 2. The average Bonchev–Trinajstić information content (AvgIpc) is 3.32. The van der Waals surface area contributed by atoms with Crippen LogP contribution in [0.4, 0.5) is 4.39 Å². The minimum Gasteiger partial charge on any atom is -0.332 e. The monoisotopic (exact) mass is 391 g/mol. The molecule has 1 aliphatic rings. The number of carbonyl (C=O) groups is 1. The maximum Gasteiger partial charge on any atom is 0.227 e. The zero-order valence-corrected chi connectivity index (χ0v) is 16.9. The number of amides is 1. The fraction of sp³-hybridized carbons (Fsp3) is 0.333. The number of likely N-dealkylation sites (tertiary alicyclic amines) is 1. The Morgan fingerprint density at radius 3 is 2.66 bits per heavy atom. The molecule has 4 nitrogen and oxygen atoms in total. The van der Waals surface area contributed by atoms with Crippen LogP contribution in [0.5, 0.6) is 0 Å². The number of aromatic nitrogens is 2. The Morgan fingerprint density at radius 1 is 1.14 bits per heavy atom. The van der Waals surface area contributed by atoms with Gasteiger partial charge < -0.3 is 9.47 Å². The van der Waals surface area contributed by atoms with E-state index in [1.807, 2.05) is 49.2 Å². The van der Waals surface area contributed by atoms with Crippen LogP contribution < -0.4 is 0 Å². The standard InChI is InChI=1S/C24H26FN3O/c1-17-6-3-4-7-20(17)14-23(29)27-13-5-8-22(27)24-26-15-18(2)28(24)16-19-9-11-21(25)12-10-19/h3-4,6-7,9-12,15,22H,5,8,13-14,16H2,1-2H3. The molecule has 1 atom stereocenters. The first-order chi connectivity index (χ1) is 14.0. The number of imidazole rings is 1. The molecule has 4 rings (SSSR count). The Labute approximate surface area is 171 Å². The Kier molecular flexibility index (Phi) is 5.47. The molecule has 2 aromatic carbocycles. The fourth-order valence-electron chi connectivity index (χ4n) is 4.13. The van der Waals surface area contributed by atoms with Gasteiger partial charge in [0.25, 0.3) is 0 Å². The Bertz CT molecular complexity index is 1010. The fourth-order valence-corrected chi connectivity index (χ4v) is 4.13. The highest BCUT2D eigenvalue weighted by Gasteiger charge is 2.33. The van der Waals surface area contributed by atoms with E-state index in [9.17, 15) is 9.18 Å². The smallest absolute Gasteiger partial charge is 0.227 e. The molecule has 3 aromatic rings. The van der Waals surface area contributed by atoms with Gasteiger partial charge in [-0.05, 0) is 55.5 Å². The quantitative estimate of drug-likeness (QED) is 0.638. The molecule has 0 saturated carbocycles. The molecule has 0 spiro atoms. The van der Waals surface area contributed by atoms with Crippen molar-refractivity contribution < 1.29 is 9.18 Å². The van der Waals surface area contributed by atoms with Crippen molar-refractivity contribution in [1.29, 1.82) is 0 Å². The van der Waals surface area contributed by atoms with Crippen LogP contribution in [0.2, 0.25) is 0 Å². The number of benzene rings is 2. The second kappa shape index (κ2) is 8.19. The second-order valence-electron chi connectivity index (χ2n) is 7.82. The van der Waals surface area contributed by atoms with Crippen LogP contribution in [0.3, 0.4) is 0 Å². The molecule has 1 unspecified atom stereocenters. The van der Waals surface area contributed by atoms with Crippen molar-refractivity contribution in [2.45, 2.75) is 45.7 Å². The molecule has 150 valence electrons. The molecule has 0 N–H and O–H groups in total. The molecule has 1 aromatic heterocycles. The third kappa shape index (κ3) is 4.09. The van der Waals surface area contributed by atoms with Gasteiger partial charge in [-0.25, -0.2) is 9.37 Å². The van der Waals surface area contributed by atoms with E-state index in [-0.39, 0.29) is 17.8 Å². The predicted molar refractivity (Wildman–Crippen MR) is 111 cm³/mol. The van der Waals surface area contributed by atoms with Crippen molar-refractivity contribution in [1.82, 2.24) is 14.5 Å². The Balaban J connectivity index is 1.57. The van der Waals surface area contributed by atoms with Crippen molar-refractivity contribution in [3.05, 3.63) is 88.8 Å². The first-order valence-electron chi connectivity index (χ1n) is 10.1. The summed E-state index contributed by atoms with van der Waals surface area (Å²) < 4.78 is 15.4. The number of carbonyl (C=O) groups excluding carboxylic acids is 1. The molecule has 0 radical (unpaired) electrons. The van der Waals surface area contributed by atoms with E-state index < -0.39 is 0 Å². The minimum atomic E-state index is -0.236. The van der Waals surface area contributed by atoms with Gasteiger partial charge >= 0.3 is 0 Å². The van der Waals surface area contributed by atoms with E-state index in [4.69, 9.17) is 0 Å². The zero-order chi connectivity index (χ0) is 20.4. The number of halogens is 1. The number of rotatable bonds is 5. The van der Waals surface area contributed by atoms with Gasteiger partial charge in [-0.2, -0.15) is 0 Å². The van der Waals surface area contributed by atoms with E-state index in [1.54, 1.807) is 12.1 Å². The van der Waals surface area contributed by atoms with E-state index in [0.717, 1.165) is 47.6 Å². The van der Waals surface area contributed by atoms with Gasteiger partial charge in [0.15, 0.2) is 0 Å². The van der Waals surface area contributed by atoms with Crippen LogP contribution in [0, 0.1) is 19.7 Å². The average molecular weight is 391 g/mol. The number of nitrogens with zero attached hydrogens (tertiary/aromatic N) is 3. The lowest BCUT2D eigenvalue weighted by Crippen LogP contribution is -2.33. The lowest BCUT2D eigenvalue weighted by molar-refractivity contribution is -0.131. The van der Waals surface area contributed by atoms with Crippen molar-refractivity contribution in [2.75, 3.05) is 6.54 Å². The summed E-state index contributed by atoms with van der Waals surface area (Å²) in [6, 6.07) is 14.6. The highest BCUT2D eigenvalue weighted by molar-refractivity contribution is 5.79. The molecule has 2 heterocycles. The molecule has 5 heteroatoms. The van der Waals surface area contributed by atoms with E-state index >= 15 is 0 Å². The zero-order valence-electron chi connectivity index (χ0n) is 16.9. The summed E-state index contributed by atoms with van der Waals surface area (Å²) in [7, 11) is 0. The molecular weight excluding hydrogens is 365 g/mol. The summed E-state index contributed by atoms with van der Waals surface area (Å²) in [5.41, 5.74) is 4.28. The molecule has 1 saturated heterocycles. The Hall–Kier alpha value is -2.95. The first kappa shape index (κ1) is 19.4. The molecule has 1 aliphatic heterocycles. The normalized spacial score (nSPS) is 16.4. The van der Waals surface area contributed by atoms with Gasteiger partial charge in [0, 0.05) is 25.0 Å².